The van der Waals surface area contributed by atoms with Gasteiger partial charge >= 0.3 is 0 Å². The lowest BCUT2D eigenvalue weighted by molar-refractivity contribution is 0.560. The summed E-state index contributed by atoms with van der Waals surface area (Å²) in [5, 5.41) is 3.24. The summed E-state index contributed by atoms with van der Waals surface area (Å²) >= 11 is 0. The first-order chi connectivity index (χ1) is 8.60. The van der Waals surface area contributed by atoms with Gasteiger partial charge in [-0.2, -0.15) is 0 Å². The van der Waals surface area contributed by atoms with Gasteiger partial charge in [-0.15, -0.1) is 0 Å². The van der Waals surface area contributed by atoms with E-state index in [1.54, 1.807) is 0 Å². The molecule has 18 heavy (non-hydrogen) atoms. The lowest BCUT2D eigenvalue weighted by Crippen LogP contribution is -2.09. The topological polar surface area (TPSA) is 12.0 Å². The summed E-state index contributed by atoms with van der Waals surface area (Å²) in [7, 11) is 2.03. The van der Waals surface area contributed by atoms with Crippen LogP contribution in [0.2, 0.25) is 0 Å². The molecule has 0 heterocycles. The third-order valence-corrected chi connectivity index (χ3v) is 3.87. The molecular weight excluding hydrogens is 218 g/mol. The molecule has 0 aliphatic carbocycles. The summed E-state index contributed by atoms with van der Waals surface area (Å²) < 4.78 is 0. The molecule has 0 saturated heterocycles. The predicted octanol–water partition coefficient (Wildman–Crippen LogP) is 4.61. The maximum absolute atomic E-state index is 3.24. The van der Waals surface area contributed by atoms with Crippen molar-refractivity contribution in [3.8, 4) is 0 Å². The second-order valence-corrected chi connectivity index (χ2v) is 5.62. The van der Waals surface area contributed by atoms with Crippen LogP contribution in [0.15, 0.2) is 18.2 Å². The van der Waals surface area contributed by atoms with Gasteiger partial charge in [0.05, 0.1) is 0 Å². The second-order valence-electron chi connectivity index (χ2n) is 5.62. The highest BCUT2D eigenvalue weighted by molar-refractivity contribution is 5.35. The van der Waals surface area contributed by atoms with Gasteiger partial charge in [-0.25, -0.2) is 0 Å². The van der Waals surface area contributed by atoms with Gasteiger partial charge in [0.2, 0.25) is 0 Å². The van der Waals surface area contributed by atoms with Gasteiger partial charge < -0.3 is 5.32 Å². The Labute approximate surface area is 113 Å². The Kier molecular flexibility index (Phi) is 6.42. The molecule has 1 unspecified atom stereocenters. The van der Waals surface area contributed by atoms with E-state index >= 15 is 0 Å². The fourth-order valence-corrected chi connectivity index (χ4v) is 2.67. The molecule has 0 radical (unpaired) electrons. The van der Waals surface area contributed by atoms with Crippen LogP contribution in [0.25, 0.3) is 0 Å². The second kappa shape index (κ2) is 7.58. The summed E-state index contributed by atoms with van der Waals surface area (Å²) in [6.07, 6.45) is 3.79. The maximum Gasteiger partial charge on any atom is -0.00517 e. The Morgan fingerprint density at radius 2 is 1.94 bits per heavy atom. The standard InChI is InChI=1S/C17H29N/c1-6-15(8-7-11-18-5)16-10-9-14(4)17(12-16)13(2)3/h9-10,12-13,15,18H,6-8,11H2,1-5H3. The van der Waals surface area contributed by atoms with Crippen LogP contribution in [0.1, 0.15) is 68.6 Å². The van der Waals surface area contributed by atoms with Crippen molar-refractivity contribution in [1.29, 1.82) is 0 Å². The van der Waals surface area contributed by atoms with Gasteiger partial charge in [0.15, 0.2) is 0 Å². The van der Waals surface area contributed by atoms with E-state index in [4.69, 9.17) is 0 Å². The molecule has 0 spiro atoms. The molecule has 0 bridgehead atoms. The molecule has 0 saturated carbocycles. The molecule has 1 aromatic rings. The van der Waals surface area contributed by atoms with Crippen LogP contribution < -0.4 is 5.32 Å². The number of rotatable bonds is 7. The fraction of sp³-hybridized carbons (Fsp3) is 0.647. The smallest absolute Gasteiger partial charge is 0.00517 e. The number of hydrogen-bond donors (Lipinski definition) is 1. The van der Waals surface area contributed by atoms with Crippen LogP contribution in [0.4, 0.5) is 0 Å². The van der Waals surface area contributed by atoms with Crippen molar-refractivity contribution in [2.45, 2.75) is 58.8 Å². The maximum atomic E-state index is 3.24. The van der Waals surface area contributed by atoms with Gasteiger partial charge in [-0.1, -0.05) is 39.0 Å². The number of hydrogen-bond acceptors (Lipinski definition) is 1. The van der Waals surface area contributed by atoms with Crippen molar-refractivity contribution in [3.63, 3.8) is 0 Å². The molecule has 1 atom stereocenters. The van der Waals surface area contributed by atoms with E-state index < -0.39 is 0 Å². The fourth-order valence-electron chi connectivity index (χ4n) is 2.67. The van der Waals surface area contributed by atoms with Gasteiger partial charge in [0, 0.05) is 0 Å². The highest BCUT2D eigenvalue weighted by atomic mass is 14.8. The number of aryl methyl sites for hydroxylation is 1. The van der Waals surface area contributed by atoms with Gasteiger partial charge in [-0.05, 0) is 68.3 Å². The molecule has 0 amide bonds. The Balaban J connectivity index is 2.82. The van der Waals surface area contributed by atoms with Crippen LogP contribution in [0.5, 0.6) is 0 Å². The molecule has 0 aliphatic heterocycles. The van der Waals surface area contributed by atoms with Crippen molar-refractivity contribution in [2.24, 2.45) is 0 Å². The van der Waals surface area contributed by atoms with E-state index in [2.05, 4.69) is 51.2 Å². The van der Waals surface area contributed by atoms with E-state index in [0.29, 0.717) is 5.92 Å². The molecule has 1 nitrogen and oxygen atoms in total. The first-order valence-electron chi connectivity index (χ1n) is 7.35. The van der Waals surface area contributed by atoms with E-state index in [9.17, 15) is 0 Å². The van der Waals surface area contributed by atoms with E-state index in [1.165, 1.54) is 36.0 Å². The highest BCUT2D eigenvalue weighted by Gasteiger charge is 2.12. The molecule has 102 valence electrons. The first kappa shape index (κ1) is 15.2. The van der Waals surface area contributed by atoms with Gasteiger partial charge in [-0.3, -0.25) is 0 Å². The zero-order valence-corrected chi connectivity index (χ0v) is 12.7. The van der Waals surface area contributed by atoms with Gasteiger partial charge in [0.25, 0.3) is 0 Å². The minimum absolute atomic E-state index is 0.625. The third-order valence-electron chi connectivity index (χ3n) is 3.87. The summed E-state index contributed by atoms with van der Waals surface area (Å²) in [5.41, 5.74) is 4.47. The zero-order valence-electron chi connectivity index (χ0n) is 12.7. The third kappa shape index (κ3) is 4.13. The largest absolute Gasteiger partial charge is 0.320 e. The SMILES string of the molecule is CCC(CCCNC)c1ccc(C)c(C(C)C)c1. The van der Waals surface area contributed by atoms with Crippen molar-refractivity contribution in [3.05, 3.63) is 34.9 Å². The van der Waals surface area contributed by atoms with Crippen LogP contribution >= 0.6 is 0 Å². The minimum atomic E-state index is 0.625. The molecular formula is C17H29N. The lowest BCUT2D eigenvalue weighted by Gasteiger charge is -2.19. The number of nitrogens with one attached hydrogen (secondary N) is 1. The average molecular weight is 247 g/mol. The first-order valence-corrected chi connectivity index (χ1v) is 7.35. The molecule has 1 aromatic carbocycles. The molecule has 0 aromatic heterocycles. The molecule has 1 rings (SSSR count). The minimum Gasteiger partial charge on any atom is -0.320 e. The molecule has 1 heteroatoms. The highest BCUT2D eigenvalue weighted by Crippen LogP contribution is 2.29. The Morgan fingerprint density at radius 1 is 1.22 bits per heavy atom. The van der Waals surface area contributed by atoms with E-state index in [1.807, 2.05) is 7.05 Å². The molecule has 0 fully saturated rings. The Morgan fingerprint density at radius 3 is 2.50 bits per heavy atom. The Hall–Kier alpha value is -0.820. The van der Waals surface area contributed by atoms with Crippen LogP contribution in [-0.2, 0) is 0 Å². The molecule has 0 aliphatic rings. The monoisotopic (exact) mass is 247 g/mol. The lowest BCUT2D eigenvalue weighted by atomic mass is 9.87. The predicted molar refractivity (Wildman–Crippen MR) is 81.5 cm³/mol. The van der Waals surface area contributed by atoms with Crippen LogP contribution in [-0.4, -0.2) is 13.6 Å². The van der Waals surface area contributed by atoms with Gasteiger partial charge in [0.1, 0.15) is 0 Å². The summed E-state index contributed by atoms with van der Waals surface area (Å²) in [6.45, 7) is 10.2. The average Bonchev–Trinajstić information content (AvgIpc) is 2.35. The summed E-state index contributed by atoms with van der Waals surface area (Å²) in [4.78, 5) is 0. The Bertz CT molecular complexity index is 355. The van der Waals surface area contributed by atoms with Crippen molar-refractivity contribution < 1.29 is 0 Å². The number of benzene rings is 1. The van der Waals surface area contributed by atoms with Crippen molar-refractivity contribution in [1.82, 2.24) is 5.32 Å². The quantitative estimate of drug-likeness (QED) is 0.694. The molecule has 1 N–H and O–H groups in total. The van der Waals surface area contributed by atoms with Crippen molar-refractivity contribution >= 4 is 0 Å². The van der Waals surface area contributed by atoms with Crippen LogP contribution in [0.3, 0.4) is 0 Å². The van der Waals surface area contributed by atoms with Crippen LogP contribution in [0, 0.1) is 6.92 Å². The summed E-state index contributed by atoms with van der Waals surface area (Å²) in [5.74, 6) is 1.34. The summed E-state index contributed by atoms with van der Waals surface area (Å²) in [6, 6.07) is 7.06. The zero-order chi connectivity index (χ0) is 13.5. The van der Waals surface area contributed by atoms with E-state index in [-0.39, 0.29) is 0 Å². The van der Waals surface area contributed by atoms with E-state index in [0.717, 1.165) is 12.5 Å². The normalized spacial score (nSPS) is 13.0. The van der Waals surface area contributed by atoms with Crippen molar-refractivity contribution in [2.75, 3.05) is 13.6 Å².